The van der Waals surface area contributed by atoms with Crippen LogP contribution in [0.1, 0.15) is 40.5 Å². The Morgan fingerprint density at radius 1 is 1.18 bits per heavy atom. The van der Waals surface area contributed by atoms with Crippen molar-refractivity contribution in [2.45, 2.75) is 33.1 Å². The quantitative estimate of drug-likeness (QED) is 0.663. The minimum atomic E-state index is -0.352. The monoisotopic (exact) mass is 376 g/mol. The zero-order chi connectivity index (χ0) is 19.7. The van der Waals surface area contributed by atoms with Crippen LogP contribution in [0.5, 0.6) is 0 Å². The van der Waals surface area contributed by atoms with E-state index in [2.05, 4.69) is 35.4 Å². The number of carbonyl (C=O) groups excluding carboxylic acids is 2. The lowest BCUT2D eigenvalue weighted by Crippen LogP contribution is -2.28. The predicted molar refractivity (Wildman–Crippen MR) is 110 cm³/mol. The summed E-state index contributed by atoms with van der Waals surface area (Å²) in [7, 11) is 0. The second-order valence-electron chi connectivity index (χ2n) is 7.36. The maximum atomic E-state index is 12.8. The zero-order valence-corrected chi connectivity index (χ0v) is 16.2. The molecule has 3 aromatic rings. The van der Waals surface area contributed by atoms with Gasteiger partial charge in [-0.05, 0) is 75.1 Å². The van der Waals surface area contributed by atoms with Gasteiger partial charge in [-0.1, -0.05) is 11.6 Å². The smallest absolute Gasteiger partial charge is 0.338 e. The fourth-order valence-electron chi connectivity index (χ4n) is 3.90. The number of esters is 1. The molecule has 144 valence electrons. The Labute approximate surface area is 164 Å². The molecule has 1 aliphatic rings. The highest BCUT2D eigenvalue weighted by Gasteiger charge is 2.27. The summed E-state index contributed by atoms with van der Waals surface area (Å²) in [6.45, 7) is 4.21. The van der Waals surface area contributed by atoms with Gasteiger partial charge in [-0.15, -0.1) is 0 Å². The second-order valence-corrected chi connectivity index (χ2v) is 7.36. The molecule has 2 N–H and O–H groups in total. The van der Waals surface area contributed by atoms with Crippen molar-refractivity contribution >= 4 is 28.5 Å². The van der Waals surface area contributed by atoms with Gasteiger partial charge in [0.25, 0.3) is 0 Å². The Morgan fingerprint density at radius 2 is 1.96 bits per heavy atom. The number of benzene rings is 2. The first-order valence-corrected chi connectivity index (χ1v) is 9.73. The minimum Gasteiger partial charge on any atom is -0.462 e. The Balaban J connectivity index is 1.47. The lowest BCUT2D eigenvalue weighted by atomic mass is 9.85. The largest absolute Gasteiger partial charge is 0.462 e. The van der Waals surface area contributed by atoms with Crippen molar-refractivity contribution in [3.8, 4) is 0 Å². The number of aromatic nitrogens is 1. The number of carbonyl (C=O) groups is 2. The van der Waals surface area contributed by atoms with Crippen LogP contribution in [0.15, 0.2) is 42.5 Å². The Hall–Kier alpha value is -3.08. The van der Waals surface area contributed by atoms with E-state index >= 15 is 0 Å². The molecule has 1 atom stereocenters. The van der Waals surface area contributed by atoms with Crippen LogP contribution in [0.3, 0.4) is 0 Å². The SMILES string of the molecule is CCOC(=O)c1ccc(NC(=O)C2CCc3[nH]c4ccc(C)cc4c3C2)cc1. The Kier molecular flexibility index (Phi) is 4.90. The first kappa shape index (κ1) is 18.3. The number of aryl methyl sites for hydroxylation is 2. The van der Waals surface area contributed by atoms with Crippen LogP contribution in [0.25, 0.3) is 10.9 Å². The van der Waals surface area contributed by atoms with Crippen molar-refractivity contribution in [3.63, 3.8) is 0 Å². The molecule has 0 fully saturated rings. The fraction of sp³-hybridized carbons (Fsp3) is 0.304. The first-order chi connectivity index (χ1) is 13.5. The summed E-state index contributed by atoms with van der Waals surface area (Å²) in [6.07, 6.45) is 2.44. The third kappa shape index (κ3) is 3.52. The van der Waals surface area contributed by atoms with E-state index in [9.17, 15) is 9.59 Å². The summed E-state index contributed by atoms with van der Waals surface area (Å²) in [4.78, 5) is 28.0. The summed E-state index contributed by atoms with van der Waals surface area (Å²) < 4.78 is 4.98. The molecule has 1 aromatic heterocycles. The van der Waals surface area contributed by atoms with Crippen LogP contribution in [0.4, 0.5) is 5.69 Å². The number of H-pyrrole nitrogens is 1. The fourth-order valence-corrected chi connectivity index (χ4v) is 3.90. The van der Waals surface area contributed by atoms with Crippen molar-refractivity contribution in [1.82, 2.24) is 4.98 Å². The van der Waals surface area contributed by atoms with E-state index in [0.717, 1.165) is 24.8 Å². The number of aromatic amines is 1. The average Bonchev–Trinajstić information content (AvgIpc) is 3.05. The molecule has 0 spiro atoms. The van der Waals surface area contributed by atoms with E-state index in [1.165, 1.54) is 22.2 Å². The molecule has 0 radical (unpaired) electrons. The first-order valence-electron chi connectivity index (χ1n) is 9.73. The highest BCUT2D eigenvalue weighted by molar-refractivity contribution is 5.95. The molecule has 1 heterocycles. The molecule has 5 nitrogen and oxygen atoms in total. The predicted octanol–water partition coefficient (Wildman–Crippen LogP) is 4.40. The lowest BCUT2D eigenvalue weighted by molar-refractivity contribution is -0.120. The lowest BCUT2D eigenvalue weighted by Gasteiger charge is -2.22. The molecular formula is C23H24N2O3. The van der Waals surface area contributed by atoms with Gasteiger partial charge in [0.1, 0.15) is 0 Å². The maximum Gasteiger partial charge on any atom is 0.338 e. The number of fused-ring (bicyclic) bond motifs is 3. The molecule has 0 bridgehead atoms. The standard InChI is InChI=1S/C23H24N2O3/c1-3-28-23(27)15-5-8-17(9-6-15)24-22(26)16-7-11-21-19(13-16)18-12-14(2)4-10-20(18)25-21/h4-6,8-10,12,16,25H,3,7,11,13H2,1-2H3,(H,24,26). The van der Waals surface area contributed by atoms with E-state index in [1.807, 2.05) is 0 Å². The third-order valence-corrected chi connectivity index (χ3v) is 5.38. The Bertz CT molecular complexity index is 1030. The topological polar surface area (TPSA) is 71.2 Å². The molecule has 2 aromatic carbocycles. The van der Waals surface area contributed by atoms with Gasteiger partial charge in [-0.3, -0.25) is 4.79 Å². The average molecular weight is 376 g/mol. The van der Waals surface area contributed by atoms with Gasteiger partial charge in [0.2, 0.25) is 5.91 Å². The number of rotatable bonds is 4. The maximum absolute atomic E-state index is 12.8. The summed E-state index contributed by atoms with van der Waals surface area (Å²) >= 11 is 0. The molecule has 0 saturated carbocycles. The van der Waals surface area contributed by atoms with Crippen molar-refractivity contribution in [2.75, 3.05) is 11.9 Å². The molecule has 1 aliphatic carbocycles. The van der Waals surface area contributed by atoms with E-state index < -0.39 is 0 Å². The number of ether oxygens (including phenoxy) is 1. The van der Waals surface area contributed by atoms with E-state index in [4.69, 9.17) is 4.74 Å². The van der Waals surface area contributed by atoms with Gasteiger partial charge in [0, 0.05) is 28.2 Å². The van der Waals surface area contributed by atoms with Crippen molar-refractivity contribution < 1.29 is 14.3 Å². The summed E-state index contributed by atoms with van der Waals surface area (Å²) in [5, 5.41) is 4.22. The van der Waals surface area contributed by atoms with E-state index in [0.29, 0.717) is 17.9 Å². The van der Waals surface area contributed by atoms with Crippen LogP contribution in [-0.4, -0.2) is 23.5 Å². The molecule has 5 heteroatoms. The molecule has 1 unspecified atom stereocenters. The third-order valence-electron chi connectivity index (χ3n) is 5.38. The van der Waals surface area contributed by atoms with Gasteiger partial charge in [-0.2, -0.15) is 0 Å². The van der Waals surface area contributed by atoms with E-state index in [-0.39, 0.29) is 17.8 Å². The minimum absolute atomic E-state index is 0.0246. The highest BCUT2D eigenvalue weighted by Crippen LogP contribution is 2.32. The number of amides is 1. The second kappa shape index (κ2) is 7.50. The van der Waals surface area contributed by atoms with Gasteiger partial charge < -0.3 is 15.0 Å². The normalized spacial score (nSPS) is 15.9. The number of anilines is 1. The van der Waals surface area contributed by atoms with Crippen LogP contribution in [0.2, 0.25) is 0 Å². The zero-order valence-electron chi connectivity index (χ0n) is 16.2. The number of hydrogen-bond acceptors (Lipinski definition) is 3. The van der Waals surface area contributed by atoms with Gasteiger partial charge in [0.05, 0.1) is 12.2 Å². The van der Waals surface area contributed by atoms with E-state index in [1.54, 1.807) is 31.2 Å². The molecule has 4 rings (SSSR count). The van der Waals surface area contributed by atoms with Crippen LogP contribution in [0, 0.1) is 12.8 Å². The summed E-state index contributed by atoms with van der Waals surface area (Å²) in [5.41, 5.74) is 6.06. The van der Waals surface area contributed by atoms with Crippen molar-refractivity contribution in [3.05, 3.63) is 64.8 Å². The van der Waals surface area contributed by atoms with Crippen LogP contribution in [-0.2, 0) is 22.4 Å². The molecular weight excluding hydrogens is 352 g/mol. The summed E-state index contributed by atoms with van der Waals surface area (Å²) in [6, 6.07) is 13.3. The number of hydrogen-bond donors (Lipinski definition) is 2. The van der Waals surface area contributed by atoms with Crippen LogP contribution < -0.4 is 5.32 Å². The molecule has 1 amide bonds. The van der Waals surface area contributed by atoms with Crippen molar-refractivity contribution in [2.24, 2.45) is 5.92 Å². The number of nitrogens with one attached hydrogen (secondary N) is 2. The van der Waals surface area contributed by atoms with Crippen LogP contribution >= 0.6 is 0 Å². The van der Waals surface area contributed by atoms with Gasteiger partial charge in [0.15, 0.2) is 0 Å². The highest BCUT2D eigenvalue weighted by atomic mass is 16.5. The summed E-state index contributed by atoms with van der Waals surface area (Å²) in [5.74, 6) is -0.386. The molecule has 0 saturated heterocycles. The molecule has 0 aliphatic heterocycles. The van der Waals surface area contributed by atoms with Crippen molar-refractivity contribution in [1.29, 1.82) is 0 Å². The Morgan fingerprint density at radius 3 is 2.71 bits per heavy atom. The van der Waals surface area contributed by atoms with Gasteiger partial charge >= 0.3 is 5.97 Å². The molecule has 28 heavy (non-hydrogen) atoms. The van der Waals surface area contributed by atoms with Gasteiger partial charge in [-0.25, -0.2) is 4.79 Å².